The summed E-state index contributed by atoms with van der Waals surface area (Å²) in [4.78, 5) is 0. The standard InChI is InChI=1S/C19H18ClNO/c1-14(15-5-3-2-4-6-15)21-13-18-11-12-19(22-18)16-7-9-17(20)10-8-16/h2-12,14,21H,13H2,1H3. The van der Waals surface area contributed by atoms with Crippen LogP contribution >= 0.6 is 11.6 Å². The predicted molar refractivity (Wildman–Crippen MR) is 90.9 cm³/mol. The lowest BCUT2D eigenvalue weighted by atomic mass is 10.1. The minimum Gasteiger partial charge on any atom is -0.460 e. The van der Waals surface area contributed by atoms with E-state index in [1.807, 2.05) is 42.5 Å². The first-order valence-electron chi connectivity index (χ1n) is 7.35. The van der Waals surface area contributed by atoms with Crippen molar-refractivity contribution in [2.24, 2.45) is 0 Å². The summed E-state index contributed by atoms with van der Waals surface area (Å²) >= 11 is 5.91. The van der Waals surface area contributed by atoms with E-state index >= 15 is 0 Å². The summed E-state index contributed by atoms with van der Waals surface area (Å²) in [6, 6.07) is 22.3. The largest absolute Gasteiger partial charge is 0.460 e. The minimum atomic E-state index is 0.283. The van der Waals surface area contributed by atoms with Crippen LogP contribution in [0.5, 0.6) is 0 Å². The Labute approximate surface area is 135 Å². The Morgan fingerprint density at radius 3 is 2.41 bits per heavy atom. The molecule has 0 aliphatic rings. The van der Waals surface area contributed by atoms with Gasteiger partial charge in [0.05, 0.1) is 6.54 Å². The van der Waals surface area contributed by atoms with E-state index in [1.54, 1.807) is 0 Å². The molecule has 0 saturated heterocycles. The van der Waals surface area contributed by atoms with E-state index in [0.29, 0.717) is 6.54 Å². The SMILES string of the molecule is CC(NCc1ccc(-c2ccc(Cl)cc2)o1)c1ccccc1. The third kappa shape index (κ3) is 3.59. The summed E-state index contributed by atoms with van der Waals surface area (Å²) in [6.07, 6.45) is 0. The predicted octanol–water partition coefficient (Wildman–Crippen LogP) is 5.45. The van der Waals surface area contributed by atoms with Crippen LogP contribution in [0.2, 0.25) is 5.02 Å². The quantitative estimate of drug-likeness (QED) is 0.677. The average molecular weight is 312 g/mol. The van der Waals surface area contributed by atoms with Crippen LogP contribution in [-0.2, 0) is 6.54 Å². The Hall–Kier alpha value is -2.03. The van der Waals surface area contributed by atoms with Gasteiger partial charge in [0.15, 0.2) is 0 Å². The Morgan fingerprint density at radius 2 is 1.68 bits per heavy atom. The molecule has 0 radical (unpaired) electrons. The molecule has 3 rings (SSSR count). The number of furan rings is 1. The molecule has 2 nitrogen and oxygen atoms in total. The summed E-state index contributed by atoms with van der Waals surface area (Å²) in [5.41, 5.74) is 2.30. The maximum Gasteiger partial charge on any atom is 0.134 e. The third-order valence-corrected chi connectivity index (χ3v) is 3.92. The Bertz CT molecular complexity index is 719. The van der Waals surface area contributed by atoms with Crippen LogP contribution in [-0.4, -0.2) is 0 Å². The van der Waals surface area contributed by atoms with Gasteiger partial charge in [-0.1, -0.05) is 41.9 Å². The molecule has 0 aliphatic heterocycles. The Morgan fingerprint density at radius 1 is 0.955 bits per heavy atom. The van der Waals surface area contributed by atoms with Crippen molar-refractivity contribution in [2.75, 3.05) is 0 Å². The molecule has 112 valence electrons. The van der Waals surface area contributed by atoms with Crippen molar-refractivity contribution in [3.05, 3.63) is 83.1 Å². The number of rotatable bonds is 5. The summed E-state index contributed by atoms with van der Waals surface area (Å²) in [5.74, 6) is 1.79. The van der Waals surface area contributed by atoms with Gasteiger partial charge >= 0.3 is 0 Å². The van der Waals surface area contributed by atoms with Gasteiger partial charge in [-0.15, -0.1) is 0 Å². The van der Waals surface area contributed by atoms with E-state index in [-0.39, 0.29) is 6.04 Å². The Kier molecular flexibility index (Phi) is 4.62. The van der Waals surface area contributed by atoms with Crippen LogP contribution < -0.4 is 5.32 Å². The third-order valence-electron chi connectivity index (χ3n) is 3.67. The van der Waals surface area contributed by atoms with Gasteiger partial charge in [-0.25, -0.2) is 0 Å². The summed E-state index contributed by atoms with van der Waals surface area (Å²) in [5, 5.41) is 4.20. The van der Waals surface area contributed by atoms with Crippen molar-refractivity contribution in [1.29, 1.82) is 0 Å². The summed E-state index contributed by atoms with van der Waals surface area (Å²) < 4.78 is 5.89. The monoisotopic (exact) mass is 311 g/mol. The average Bonchev–Trinajstić information content (AvgIpc) is 3.03. The first kappa shape index (κ1) is 14.9. The van der Waals surface area contributed by atoms with E-state index in [2.05, 4.69) is 36.5 Å². The molecule has 0 spiro atoms. The molecule has 0 aliphatic carbocycles. The molecule has 22 heavy (non-hydrogen) atoms. The molecule has 3 aromatic rings. The van der Waals surface area contributed by atoms with Crippen LogP contribution in [0.15, 0.2) is 71.1 Å². The lowest BCUT2D eigenvalue weighted by Crippen LogP contribution is -2.17. The molecule has 0 fully saturated rings. The van der Waals surface area contributed by atoms with Crippen molar-refractivity contribution in [3.63, 3.8) is 0 Å². The first-order valence-corrected chi connectivity index (χ1v) is 7.73. The van der Waals surface area contributed by atoms with Crippen LogP contribution in [0.25, 0.3) is 11.3 Å². The maximum absolute atomic E-state index is 5.91. The van der Waals surface area contributed by atoms with Gasteiger partial charge in [0.25, 0.3) is 0 Å². The highest BCUT2D eigenvalue weighted by molar-refractivity contribution is 6.30. The topological polar surface area (TPSA) is 25.2 Å². The molecule has 1 N–H and O–H groups in total. The Balaban J connectivity index is 1.63. The van der Waals surface area contributed by atoms with Crippen LogP contribution in [0, 0.1) is 0 Å². The van der Waals surface area contributed by atoms with Crippen LogP contribution in [0.1, 0.15) is 24.3 Å². The molecule has 2 aromatic carbocycles. The van der Waals surface area contributed by atoms with Gasteiger partial charge < -0.3 is 9.73 Å². The molecule has 1 atom stereocenters. The summed E-state index contributed by atoms with van der Waals surface area (Å²) in [7, 11) is 0. The fourth-order valence-corrected chi connectivity index (χ4v) is 2.48. The molecule has 0 amide bonds. The minimum absolute atomic E-state index is 0.283. The van der Waals surface area contributed by atoms with Gasteiger partial charge in [-0.3, -0.25) is 0 Å². The van der Waals surface area contributed by atoms with Crippen molar-refractivity contribution in [1.82, 2.24) is 5.32 Å². The summed E-state index contributed by atoms with van der Waals surface area (Å²) in [6.45, 7) is 2.85. The molecule has 1 heterocycles. The van der Waals surface area contributed by atoms with Gasteiger partial charge in [-0.05, 0) is 48.9 Å². The van der Waals surface area contributed by atoms with Crippen LogP contribution in [0.4, 0.5) is 0 Å². The molecule has 1 unspecified atom stereocenters. The van der Waals surface area contributed by atoms with Gasteiger partial charge in [-0.2, -0.15) is 0 Å². The molecule has 0 saturated carbocycles. The van der Waals surface area contributed by atoms with E-state index in [1.165, 1.54) is 5.56 Å². The molecule has 1 aromatic heterocycles. The molecular weight excluding hydrogens is 294 g/mol. The van der Waals surface area contributed by atoms with E-state index < -0.39 is 0 Å². The second kappa shape index (κ2) is 6.82. The molecule has 0 bridgehead atoms. The fraction of sp³-hybridized carbons (Fsp3) is 0.158. The van der Waals surface area contributed by atoms with Crippen molar-refractivity contribution in [2.45, 2.75) is 19.5 Å². The first-order chi connectivity index (χ1) is 10.7. The highest BCUT2D eigenvalue weighted by Crippen LogP contribution is 2.24. The molecular formula is C19H18ClNO. The number of hydrogen-bond acceptors (Lipinski definition) is 2. The maximum atomic E-state index is 5.91. The van der Waals surface area contributed by atoms with E-state index in [0.717, 1.165) is 22.1 Å². The normalized spacial score (nSPS) is 12.3. The van der Waals surface area contributed by atoms with E-state index in [4.69, 9.17) is 16.0 Å². The highest BCUT2D eigenvalue weighted by atomic mass is 35.5. The highest BCUT2D eigenvalue weighted by Gasteiger charge is 2.08. The van der Waals surface area contributed by atoms with Gasteiger partial charge in [0.1, 0.15) is 11.5 Å². The van der Waals surface area contributed by atoms with Crippen LogP contribution in [0.3, 0.4) is 0 Å². The van der Waals surface area contributed by atoms with Crippen molar-refractivity contribution < 1.29 is 4.42 Å². The second-order valence-corrected chi connectivity index (χ2v) is 5.72. The smallest absolute Gasteiger partial charge is 0.134 e. The second-order valence-electron chi connectivity index (χ2n) is 5.29. The van der Waals surface area contributed by atoms with E-state index in [9.17, 15) is 0 Å². The van der Waals surface area contributed by atoms with Crippen molar-refractivity contribution in [3.8, 4) is 11.3 Å². The number of benzene rings is 2. The number of hydrogen-bond donors (Lipinski definition) is 1. The number of nitrogens with one attached hydrogen (secondary N) is 1. The van der Waals surface area contributed by atoms with Crippen molar-refractivity contribution >= 4 is 11.6 Å². The zero-order valence-corrected chi connectivity index (χ0v) is 13.2. The van der Waals surface area contributed by atoms with Gasteiger partial charge in [0.2, 0.25) is 0 Å². The molecule has 3 heteroatoms. The lowest BCUT2D eigenvalue weighted by Gasteiger charge is -2.12. The lowest BCUT2D eigenvalue weighted by molar-refractivity contribution is 0.468. The zero-order valence-electron chi connectivity index (χ0n) is 12.4. The number of halogens is 1. The fourth-order valence-electron chi connectivity index (χ4n) is 2.36. The zero-order chi connectivity index (χ0) is 15.4. The van der Waals surface area contributed by atoms with Gasteiger partial charge in [0, 0.05) is 16.6 Å².